The van der Waals surface area contributed by atoms with E-state index in [1.54, 1.807) is 25.1 Å². The molecule has 7 nitrogen and oxygen atoms in total. The summed E-state index contributed by atoms with van der Waals surface area (Å²) in [4.78, 5) is 39.3. The number of carboxylic acid groups (broad SMARTS) is 1. The van der Waals surface area contributed by atoms with Gasteiger partial charge in [0.2, 0.25) is 11.8 Å². The van der Waals surface area contributed by atoms with Gasteiger partial charge in [-0.1, -0.05) is 54.5 Å². The highest BCUT2D eigenvalue weighted by atomic mass is 16.4. The van der Waals surface area contributed by atoms with Gasteiger partial charge in [0.1, 0.15) is 6.04 Å². The Morgan fingerprint density at radius 1 is 1.10 bits per heavy atom. The molecule has 7 heteroatoms. The zero-order valence-electron chi connectivity index (χ0n) is 19.8. The molecular weight excluding hydrogens is 370 g/mol. The molecule has 3 N–H and O–H groups in total. The van der Waals surface area contributed by atoms with Crippen molar-refractivity contribution in [3.8, 4) is 0 Å². The minimum absolute atomic E-state index is 0.0113. The molecule has 0 bridgehead atoms. The lowest BCUT2D eigenvalue weighted by molar-refractivity contribution is -0.142. The van der Waals surface area contributed by atoms with Crippen molar-refractivity contribution in [1.82, 2.24) is 15.5 Å². The molecule has 2 atom stereocenters. The van der Waals surface area contributed by atoms with Gasteiger partial charge >= 0.3 is 5.97 Å². The van der Waals surface area contributed by atoms with Crippen LogP contribution in [0.4, 0.5) is 0 Å². The highest BCUT2D eigenvalue weighted by Gasteiger charge is 2.41. The van der Waals surface area contributed by atoms with E-state index in [0.29, 0.717) is 12.8 Å². The Kier molecular flexibility index (Phi) is 10.1. The Hall–Kier alpha value is -1.89. The minimum Gasteiger partial charge on any atom is -0.478 e. The fourth-order valence-electron chi connectivity index (χ4n) is 3.39. The number of likely N-dealkylation sites (N-methyl/N-ethyl adjacent to an activating group) is 2. The molecule has 0 saturated heterocycles. The van der Waals surface area contributed by atoms with Gasteiger partial charge in [0.05, 0.1) is 11.6 Å². The van der Waals surface area contributed by atoms with Crippen molar-refractivity contribution in [2.24, 2.45) is 11.3 Å². The maximum absolute atomic E-state index is 13.4. The van der Waals surface area contributed by atoms with Gasteiger partial charge in [-0.2, -0.15) is 0 Å². The molecule has 0 aromatic heterocycles. The summed E-state index contributed by atoms with van der Waals surface area (Å²) >= 11 is 0. The zero-order valence-corrected chi connectivity index (χ0v) is 19.8. The van der Waals surface area contributed by atoms with Crippen LogP contribution in [0.2, 0.25) is 0 Å². The molecule has 0 aliphatic rings. The van der Waals surface area contributed by atoms with Gasteiger partial charge in [-0.3, -0.25) is 9.59 Å². The van der Waals surface area contributed by atoms with Crippen molar-refractivity contribution < 1.29 is 19.5 Å². The first-order valence-electron chi connectivity index (χ1n) is 10.4. The molecule has 0 radical (unpaired) electrons. The third-order valence-electron chi connectivity index (χ3n) is 5.74. The molecule has 0 heterocycles. The number of rotatable bonds is 10. The first kappa shape index (κ1) is 27.1. The summed E-state index contributed by atoms with van der Waals surface area (Å²) in [6, 6.07) is -1.14. The van der Waals surface area contributed by atoms with Crippen molar-refractivity contribution in [3.63, 3.8) is 0 Å². The maximum Gasteiger partial charge on any atom is 0.331 e. The summed E-state index contributed by atoms with van der Waals surface area (Å²) in [7, 11) is 3.41. The van der Waals surface area contributed by atoms with Crippen LogP contribution in [-0.4, -0.2) is 59.5 Å². The highest BCUT2D eigenvalue weighted by molar-refractivity contribution is 5.93. The second kappa shape index (κ2) is 10.8. The number of carboxylic acids is 1. The van der Waals surface area contributed by atoms with E-state index in [1.807, 2.05) is 48.5 Å². The first-order valence-corrected chi connectivity index (χ1v) is 10.4. The van der Waals surface area contributed by atoms with Crippen molar-refractivity contribution in [2.75, 3.05) is 14.1 Å². The molecule has 168 valence electrons. The molecule has 0 aromatic carbocycles. The van der Waals surface area contributed by atoms with Crippen LogP contribution in [-0.2, 0) is 14.4 Å². The molecule has 0 aromatic rings. The maximum atomic E-state index is 13.4. The molecule has 2 amide bonds. The van der Waals surface area contributed by atoms with E-state index < -0.39 is 29.0 Å². The topological polar surface area (TPSA) is 98.7 Å². The quantitative estimate of drug-likeness (QED) is 0.480. The summed E-state index contributed by atoms with van der Waals surface area (Å²) in [5.41, 5.74) is -1.07. The smallest absolute Gasteiger partial charge is 0.331 e. The number of nitrogens with one attached hydrogen (secondary N) is 2. The van der Waals surface area contributed by atoms with Crippen LogP contribution in [0, 0.1) is 11.3 Å². The number of nitrogens with zero attached hydrogens (tertiary/aromatic N) is 1. The van der Waals surface area contributed by atoms with E-state index >= 15 is 0 Å². The summed E-state index contributed by atoms with van der Waals surface area (Å²) in [5.74, 6) is -1.44. The molecular formula is C22H41N3O4. The van der Waals surface area contributed by atoms with Gasteiger partial charge in [0, 0.05) is 12.6 Å². The van der Waals surface area contributed by atoms with Crippen molar-refractivity contribution in [2.45, 2.75) is 85.9 Å². The first-order chi connectivity index (χ1) is 13.2. The normalized spacial score (nSPS) is 15.1. The molecule has 0 unspecified atom stereocenters. The number of amides is 2. The Morgan fingerprint density at radius 3 is 1.90 bits per heavy atom. The third kappa shape index (κ3) is 6.84. The van der Waals surface area contributed by atoms with Gasteiger partial charge in [0.15, 0.2) is 0 Å². The number of carbonyl (C=O) groups is 3. The van der Waals surface area contributed by atoms with Crippen molar-refractivity contribution >= 4 is 17.8 Å². The van der Waals surface area contributed by atoms with E-state index in [0.717, 1.165) is 0 Å². The van der Waals surface area contributed by atoms with E-state index in [9.17, 15) is 19.5 Å². The van der Waals surface area contributed by atoms with E-state index in [4.69, 9.17) is 0 Å². The van der Waals surface area contributed by atoms with Crippen LogP contribution in [0.3, 0.4) is 0 Å². The van der Waals surface area contributed by atoms with Crippen LogP contribution >= 0.6 is 0 Å². The zero-order chi connectivity index (χ0) is 23.2. The summed E-state index contributed by atoms with van der Waals surface area (Å²) in [6.45, 7) is 15.0. The van der Waals surface area contributed by atoms with Crippen LogP contribution in [0.25, 0.3) is 0 Å². The highest BCUT2D eigenvalue weighted by Crippen LogP contribution is 2.25. The van der Waals surface area contributed by atoms with Crippen LogP contribution < -0.4 is 10.6 Å². The minimum atomic E-state index is -1.01. The molecule has 0 fully saturated rings. The average molecular weight is 412 g/mol. The SMILES string of the molecule is CCC(CC)(NC)C(=O)N[C@H](C(=O)N(C)[C@H](/C=C(\C)C(=O)O)C(C)C)C(C)(C)C. The molecule has 0 saturated carbocycles. The number of aliphatic carboxylic acids is 1. The van der Waals surface area contributed by atoms with Gasteiger partial charge in [-0.25, -0.2) is 4.79 Å². The predicted octanol–water partition coefficient (Wildman–Crippen LogP) is 2.81. The van der Waals surface area contributed by atoms with Gasteiger partial charge in [-0.15, -0.1) is 0 Å². The Balaban J connectivity index is 5.95. The van der Waals surface area contributed by atoms with Crippen LogP contribution in [0.5, 0.6) is 0 Å². The third-order valence-corrected chi connectivity index (χ3v) is 5.74. The number of carbonyl (C=O) groups excluding carboxylic acids is 2. The molecule has 29 heavy (non-hydrogen) atoms. The van der Waals surface area contributed by atoms with Gasteiger partial charge in [0.25, 0.3) is 0 Å². The second-order valence-electron chi connectivity index (χ2n) is 9.15. The van der Waals surface area contributed by atoms with Crippen molar-refractivity contribution in [1.29, 1.82) is 0 Å². The Labute approximate surface area is 176 Å². The lowest BCUT2D eigenvalue weighted by Crippen LogP contribution is -2.62. The van der Waals surface area contributed by atoms with Crippen molar-refractivity contribution in [3.05, 3.63) is 11.6 Å². The lowest BCUT2D eigenvalue weighted by atomic mass is 9.83. The fraction of sp³-hybridized carbons (Fsp3) is 0.773. The van der Waals surface area contributed by atoms with E-state index in [-0.39, 0.29) is 23.3 Å². The molecule has 0 rings (SSSR count). The van der Waals surface area contributed by atoms with Gasteiger partial charge in [-0.05, 0) is 38.1 Å². The molecule has 0 aliphatic carbocycles. The monoisotopic (exact) mass is 411 g/mol. The standard InChI is InChI=1S/C22H41N3O4/c1-11-22(12-2,23-9)20(29)24-17(21(6,7)8)18(26)25(10)16(14(3)4)13-15(5)19(27)28/h13-14,16-17,23H,11-12H2,1-10H3,(H,24,29)(H,27,28)/b15-13+/t16-,17-/m1/s1. The molecule has 0 aliphatic heterocycles. The summed E-state index contributed by atoms with van der Waals surface area (Å²) < 4.78 is 0. The Bertz CT molecular complexity index is 608. The predicted molar refractivity (Wildman–Crippen MR) is 117 cm³/mol. The Morgan fingerprint density at radius 2 is 1.59 bits per heavy atom. The fourth-order valence-corrected chi connectivity index (χ4v) is 3.39. The number of hydrogen-bond donors (Lipinski definition) is 3. The average Bonchev–Trinajstić information content (AvgIpc) is 2.63. The summed E-state index contributed by atoms with van der Waals surface area (Å²) in [6.07, 6.45) is 2.80. The number of hydrogen-bond acceptors (Lipinski definition) is 4. The lowest BCUT2D eigenvalue weighted by Gasteiger charge is -2.39. The largest absolute Gasteiger partial charge is 0.478 e. The molecule has 0 spiro atoms. The van der Waals surface area contributed by atoms with Gasteiger partial charge < -0.3 is 20.6 Å². The van der Waals surface area contributed by atoms with E-state index in [2.05, 4.69) is 10.6 Å². The van der Waals surface area contributed by atoms with Crippen LogP contribution in [0.15, 0.2) is 11.6 Å². The van der Waals surface area contributed by atoms with Crippen LogP contribution in [0.1, 0.15) is 68.2 Å². The van der Waals surface area contributed by atoms with E-state index in [1.165, 1.54) is 6.92 Å². The summed E-state index contributed by atoms with van der Waals surface area (Å²) in [5, 5.41) is 15.3. The second-order valence-corrected chi connectivity index (χ2v) is 9.15.